The lowest BCUT2D eigenvalue weighted by atomic mass is 10.2. The first-order valence-electron chi connectivity index (χ1n) is 7.84. The number of thioether (sulfide) groups is 1. The Hall–Kier alpha value is -2.80. The van der Waals surface area contributed by atoms with Crippen LogP contribution in [0.1, 0.15) is 12.0 Å². The third-order valence-electron chi connectivity index (χ3n) is 3.46. The number of hydrogen-bond donors (Lipinski definition) is 1. The number of nitrogens with two attached hydrogens (primary N) is 1. The minimum absolute atomic E-state index is 0.221. The van der Waals surface area contributed by atoms with Crippen molar-refractivity contribution in [1.82, 2.24) is 14.8 Å². The molecule has 128 valence electrons. The molecule has 0 fully saturated rings. The minimum atomic E-state index is -0.362. The van der Waals surface area contributed by atoms with Gasteiger partial charge < -0.3 is 10.2 Å². The van der Waals surface area contributed by atoms with E-state index in [0.717, 1.165) is 16.5 Å². The molecule has 1 amide bonds. The van der Waals surface area contributed by atoms with E-state index >= 15 is 0 Å². The van der Waals surface area contributed by atoms with Crippen molar-refractivity contribution in [2.45, 2.75) is 18.1 Å². The Balaban J connectivity index is 1.71. The molecule has 0 bridgehead atoms. The Morgan fingerprint density at radius 1 is 1.20 bits per heavy atom. The summed E-state index contributed by atoms with van der Waals surface area (Å²) >= 11 is 1.54. The van der Waals surface area contributed by atoms with Crippen LogP contribution in [0.4, 0.5) is 0 Å². The molecular weight excluding hydrogens is 336 g/mol. The average Bonchev–Trinajstić information content (AvgIpc) is 3.27. The number of amides is 1. The van der Waals surface area contributed by atoms with E-state index in [9.17, 15) is 4.79 Å². The van der Waals surface area contributed by atoms with Crippen LogP contribution in [0, 0.1) is 0 Å². The van der Waals surface area contributed by atoms with Crippen molar-refractivity contribution in [3.05, 3.63) is 60.4 Å². The SMILES string of the molecule is NC(=O)CCn1c(SC/C=C/c2ccccc2)nnc1-c1ccco1. The predicted octanol–water partition coefficient (Wildman–Crippen LogP) is 3.22. The number of rotatable bonds is 8. The summed E-state index contributed by atoms with van der Waals surface area (Å²) in [4.78, 5) is 11.1. The van der Waals surface area contributed by atoms with Crippen LogP contribution >= 0.6 is 11.8 Å². The fourth-order valence-corrected chi connectivity index (χ4v) is 3.05. The predicted molar refractivity (Wildman–Crippen MR) is 97.7 cm³/mol. The number of carbonyl (C=O) groups excluding carboxylic acids is 1. The van der Waals surface area contributed by atoms with Gasteiger partial charge in [0, 0.05) is 18.7 Å². The van der Waals surface area contributed by atoms with E-state index in [0.29, 0.717) is 18.1 Å². The number of benzene rings is 1. The highest BCUT2D eigenvalue weighted by atomic mass is 32.2. The molecule has 0 saturated carbocycles. The molecular formula is C18H18N4O2S. The second kappa shape index (κ2) is 8.34. The molecule has 0 aliphatic carbocycles. The number of nitrogens with zero attached hydrogens (tertiary/aromatic N) is 3. The molecule has 25 heavy (non-hydrogen) atoms. The van der Waals surface area contributed by atoms with E-state index in [4.69, 9.17) is 10.2 Å². The smallest absolute Gasteiger partial charge is 0.219 e. The van der Waals surface area contributed by atoms with Crippen LogP contribution in [0.3, 0.4) is 0 Å². The summed E-state index contributed by atoms with van der Waals surface area (Å²) in [7, 11) is 0. The Labute approximate surface area is 149 Å². The monoisotopic (exact) mass is 354 g/mol. The van der Waals surface area contributed by atoms with Gasteiger partial charge in [0.1, 0.15) is 0 Å². The number of carbonyl (C=O) groups is 1. The van der Waals surface area contributed by atoms with Crippen molar-refractivity contribution >= 4 is 23.7 Å². The molecule has 2 heterocycles. The quantitative estimate of drug-likeness (QED) is 0.628. The average molecular weight is 354 g/mol. The zero-order valence-corrected chi connectivity index (χ0v) is 14.4. The van der Waals surface area contributed by atoms with Crippen molar-refractivity contribution < 1.29 is 9.21 Å². The van der Waals surface area contributed by atoms with Crippen molar-refractivity contribution in [2.75, 3.05) is 5.75 Å². The van der Waals surface area contributed by atoms with Crippen LogP contribution in [0.5, 0.6) is 0 Å². The summed E-state index contributed by atoms with van der Waals surface area (Å²) in [6.45, 7) is 0.420. The van der Waals surface area contributed by atoms with Gasteiger partial charge in [0.15, 0.2) is 16.7 Å². The van der Waals surface area contributed by atoms with Gasteiger partial charge in [-0.1, -0.05) is 54.2 Å². The van der Waals surface area contributed by atoms with E-state index in [2.05, 4.69) is 22.3 Å². The highest BCUT2D eigenvalue weighted by molar-refractivity contribution is 7.99. The summed E-state index contributed by atoms with van der Waals surface area (Å²) in [6, 6.07) is 13.7. The Morgan fingerprint density at radius 2 is 2.04 bits per heavy atom. The van der Waals surface area contributed by atoms with Gasteiger partial charge in [0.05, 0.1) is 6.26 Å². The molecule has 0 unspecified atom stereocenters. The van der Waals surface area contributed by atoms with E-state index < -0.39 is 0 Å². The van der Waals surface area contributed by atoms with Crippen molar-refractivity contribution in [3.63, 3.8) is 0 Å². The molecule has 6 nitrogen and oxygen atoms in total. The summed E-state index contributed by atoms with van der Waals surface area (Å²) in [5.41, 5.74) is 6.43. The largest absolute Gasteiger partial charge is 0.461 e. The maximum absolute atomic E-state index is 11.1. The molecule has 0 saturated heterocycles. The first-order chi connectivity index (χ1) is 12.2. The van der Waals surface area contributed by atoms with Crippen LogP contribution < -0.4 is 5.73 Å². The molecule has 3 rings (SSSR count). The van der Waals surface area contributed by atoms with Gasteiger partial charge in [0.2, 0.25) is 5.91 Å². The lowest BCUT2D eigenvalue weighted by molar-refractivity contribution is -0.118. The van der Waals surface area contributed by atoms with Crippen LogP contribution in [0.25, 0.3) is 17.7 Å². The van der Waals surface area contributed by atoms with Crippen LogP contribution in [-0.4, -0.2) is 26.4 Å². The number of aromatic nitrogens is 3. The van der Waals surface area contributed by atoms with Crippen LogP contribution in [-0.2, 0) is 11.3 Å². The van der Waals surface area contributed by atoms with Gasteiger partial charge >= 0.3 is 0 Å². The fourth-order valence-electron chi connectivity index (χ4n) is 2.28. The second-order valence-electron chi connectivity index (χ2n) is 5.28. The molecule has 3 aromatic rings. The second-order valence-corrected chi connectivity index (χ2v) is 6.26. The number of furan rings is 1. The Bertz CT molecular complexity index is 841. The van der Waals surface area contributed by atoms with Gasteiger partial charge in [-0.25, -0.2) is 0 Å². The summed E-state index contributed by atoms with van der Waals surface area (Å²) in [5, 5.41) is 9.15. The standard InChI is InChI=1S/C18H18N4O2S/c19-16(23)10-11-22-17(15-9-4-12-24-15)20-21-18(22)25-13-5-8-14-6-2-1-3-7-14/h1-9,12H,10-11,13H2,(H2,19,23)/b8-5+. The van der Waals surface area contributed by atoms with Crippen molar-refractivity contribution in [1.29, 1.82) is 0 Å². The third kappa shape index (κ3) is 4.60. The first-order valence-corrected chi connectivity index (χ1v) is 8.82. The third-order valence-corrected chi connectivity index (χ3v) is 4.38. The molecule has 0 spiro atoms. The molecule has 2 aromatic heterocycles. The van der Waals surface area contributed by atoms with Gasteiger partial charge in [-0.3, -0.25) is 9.36 Å². The van der Waals surface area contributed by atoms with Gasteiger partial charge in [-0.2, -0.15) is 0 Å². The molecule has 0 radical (unpaired) electrons. The molecule has 0 atom stereocenters. The van der Waals surface area contributed by atoms with E-state index in [-0.39, 0.29) is 12.3 Å². The van der Waals surface area contributed by atoms with E-state index in [1.165, 1.54) is 0 Å². The van der Waals surface area contributed by atoms with Crippen LogP contribution in [0.15, 0.2) is 64.4 Å². The lowest BCUT2D eigenvalue weighted by Crippen LogP contribution is -2.15. The number of hydrogen-bond acceptors (Lipinski definition) is 5. The van der Waals surface area contributed by atoms with Crippen molar-refractivity contribution in [2.24, 2.45) is 5.73 Å². The normalized spacial score (nSPS) is 11.2. The summed E-state index contributed by atoms with van der Waals surface area (Å²) < 4.78 is 7.27. The topological polar surface area (TPSA) is 86.9 Å². The van der Waals surface area contributed by atoms with E-state index in [1.807, 2.05) is 41.0 Å². The highest BCUT2D eigenvalue weighted by Gasteiger charge is 2.16. The maximum atomic E-state index is 11.1. The summed E-state index contributed by atoms with van der Waals surface area (Å²) in [6.07, 6.45) is 5.93. The fraction of sp³-hybridized carbons (Fsp3) is 0.167. The zero-order chi connectivity index (χ0) is 17.5. The van der Waals surface area contributed by atoms with Gasteiger partial charge in [0.25, 0.3) is 0 Å². The van der Waals surface area contributed by atoms with Crippen molar-refractivity contribution in [3.8, 4) is 11.6 Å². The molecule has 0 aliphatic heterocycles. The number of primary amides is 1. The molecule has 0 aliphatic rings. The molecule has 1 aromatic carbocycles. The Kier molecular flexibility index (Phi) is 5.69. The maximum Gasteiger partial charge on any atom is 0.219 e. The van der Waals surface area contributed by atoms with E-state index in [1.54, 1.807) is 24.1 Å². The molecule has 7 heteroatoms. The molecule has 2 N–H and O–H groups in total. The summed E-state index contributed by atoms with van der Waals surface area (Å²) in [5.74, 6) is 1.59. The van der Waals surface area contributed by atoms with Gasteiger partial charge in [-0.05, 0) is 17.7 Å². The van der Waals surface area contributed by atoms with Crippen LogP contribution in [0.2, 0.25) is 0 Å². The zero-order valence-electron chi connectivity index (χ0n) is 13.5. The first kappa shape index (κ1) is 17.0. The lowest BCUT2D eigenvalue weighted by Gasteiger charge is -2.07. The minimum Gasteiger partial charge on any atom is -0.461 e. The van der Waals surface area contributed by atoms with Gasteiger partial charge in [-0.15, -0.1) is 10.2 Å². The Morgan fingerprint density at radius 3 is 2.76 bits per heavy atom. The highest BCUT2D eigenvalue weighted by Crippen LogP contribution is 2.24.